The zero-order valence-electron chi connectivity index (χ0n) is 11.1. The van der Waals surface area contributed by atoms with Gasteiger partial charge in [-0.2, -0.15) is 5.26 Å². The van der Waals surface area contributed by atoms with Crippen LogP contribution < -0.4 is 4.74 Å². The summed E-state index contributed by atoms with van der Waals surface area (Å²) in [5.41, 5.74) is 1.76. The van der Waals surface area contributed by atoms with Gasteiger partial charge in [-0.3, -0.25) is 0 Å². The average Bonchev–Trinajstić information content (AvgIpc) is 2.52. The summed E-state index contributed by atoms with van der Waals surface area (Å²) in [6, 6.07) is 13.2. The molecule has 0 spiro atoms. The molecule has 2 rings (SSSR count). The van der Waals surface area contributed by atoms with Gasteiger partial charge < -0.3 is 4.74 Å². The van der Waals surface area contributed by atoms with Gasteiger partial charge in [-0.15, -0.1) is 11.6 Å². The van der Waals surface area contributed by atoms with Crippen LogP contribution in [0.4, 0.5) is 4.39 Å². The number of rotatable bonds is 3. The molecule has 0 aliphatic rings. The second kappa shape index (κ2) is 7.33. The highest BCUT2D eigenvalue weighted by molar-refractivity contribution is 6.19. The molecule has 0 aliphatic carbocycles. The van der Waals surface area contributed by atoms with Gasteiger partial charge in [-0.1, -0.05) is 11.8 Å². The molecule has 0 heterocycles. The lowest BCUT2D eigenvalue weighted by atomic mass is 10.1. The Bertz CT molecular complexity index is 723. The number of halogens is 2. The summed E-state index contributed by atoms with van der Waals surface area (Å²) in [4.78, 5) is 0. The minimum absolute atomic E-state index is 0.132. The molecule has 0 amide bonds. The van der Waals surface area contributed by atoms with Crippen molar-refractivity contribution in [2.45, 2.75) is 6.61 Å². The number of benzene rings is 2. The minimum Gasteiger partial charge on any atom is -0.489 e. The molecule has 0 aliphatic heterocycles. The first-order valence-electron chi connectivity index (χ1n) is 6.19. The molecule has 0 aromatic heterocycles. The fourth-order valence-electron chi connectivity index (χ4n) is 1.72. The Balaban J connectivity index is 2.07. The van der Waals surface area contributed by atoms with Gasteiger partial charge in [0, 0.05) is 11.1 Å². The normalized spacial score (nSPS) is 9.38. The van der Waals surface area contributed by atoms with Crippen molar-refractivity contribution in [1.29, 1.82) is 5.26 Å². The van der Waals surface area contributed by atoms with Crippen molar-refractivity contribution in [2.24, 2.45) is 0 Å². The standard InChI is InChI=1S/C17H11ClFNO/c18-9-1-2-13-3-7-17(8-4-13)21-12-15-10-16(19)6-5-14(15)11-20/h3-8,10H,9,12H2. The van der Waals surface area contributed by atoms with Gasteiger partial charge in [0.25, 0.3) is 0 Å². The van der Waals surface area contributed by atoms with Crippen LogP contribution in [0.1, 0.15) is 16.7 Å². The van der Waals surface area contributed by atoms with Gasteiger partial charge in [0.2, 0.25) is 0 Å². The molecule has 0 bridgehead atoms. The second-order valence-corrected chi connectivity index (χ2v) is 4.43. The third kappa shape index (κ3) is 4.24. The Morgan fingerprint density at radius 3 is 2.57 bits per heavy atom. The molecule has 0 unspecified atom stereocenters. The topological polar surface area (TPSA) is 33.0 Å². The summed E-state index contributed by atoms with van der Waals surface area (Å²) in [6.07, 6.45) is 0. The molecule has 0 saturated heterocycles. The predicted octanol–water partition coefficient (Wildman–Crippen LogP) is 3.87. The average molecular weight is 300 g/mol. The van der Waals surface area contributed by atoms with E-state index in [0.29, 0.717) is 16.9 Å². The van der Waals surface area contributed by atoms with Gasteiger partial charge in [-0.05, 0) is 42.5 Å². The van der Waals surface area contributed by atoms with Crippen LogP contribution in [0.25, 0.3) is 0 Å². The van der Waals surface area contributed by atoms with Gasteiger partial charge in [0.15, 0.2) is 0 Å². The first-order valence-corrected chi connectivity index (χ1v) is 6.72. The largest absolute Gasteiger partial charge is 0.489 e. The number of hydrogen-bond donors (Lipinski definition) is 0. The second-order valence-electron chi connectivity index (χ2n) is 4.16. The van der Waals surface area contributed by atoms with Crippen LogP contribution in [-0.2, 0) is 6.61 Å². The van der Waals surface area contributed by atoms with Crippen LogP contribution in [0, 0.1) is 29.0 Å². The highest BCUT2D eigenvalue weighted by Gasteiger charge is 2.05. The van der Waals surface area contributed by atoms with E-state index in [9.17, 15) is 4.39 Å². The summed E-state index contributed by atoms with van der Waals surface area (Å²) in [7, 11) is 0. The van der Waals surface area contributed by atoms with Crippen LogP contribution >= 0.6 is 11.6 Å². The molecule has 2 aromatic rings. The Labute approximate surface area is 127 Å². The Morgan fingerprint density at radius 1 is 1.14 bits per heavy atom. The monoisotopic (exact) mass is 299 g/mol. The van der Waals surface area contributed by atoms with E-state index in [1.54, 1.807) is 12.1 Å². The number of nitrogens with zero attached hydrogens (tertiary/aromatic N) is 1. The summed E-state index contributed by atoms with van der Waals surface area (Å²) in [6.45, 7) is 0.132. The maximum Gasteiger partial charge on any atom is 0.123 e. The quantitative estimate of drug-likeness (QED) is 0.637. The summed E-state index contributed by atoms with van der Waals surface area (Å²) >= 11 is 5.49. The molecule has 0 saturated carbocycles. The zero-order valence-corrected chi connectivity index (χ0v) is 11.8. The van der Waals surface area contributed by atoms with E-state index >= 15 is 0 Å². The van der Waals surface area contributed by atoms with Crippen LogP contribution in [-0.4, -0.2) is 5.88 Å². The Kier molecular flexibility index (Phi) is 5.21. The van der Waals surface area contributed by atoms with Crippen LogP contribution in [0.3, 0.4) is 0 Å². The van der Waals surface area contributed by atoms with Crippen LogP contribution in [0.2, 0.25) is 0 Å². The molecule has 0 N–H and O–H groups in total. The SMILES string of the molecule is N#Cc1ccc(F)cc1COc1ccc(C#CCCl)cc1. The molecule has 2 aromatic carbocycles. The maximum absolute atomic E-state index is 13.2. The molecule has 2 nitrogen and oxygen atoms in total. The fraction of sp³-hybridized carbons (Fsp3) is 0.118. The lowest BCUT2D eigenvalue weighted by Crippen LogP contribution is -1.99. The number of ether oxygens (including phenoxy) is 1. The summed E-state index contributed by atoms with van der Waals surface area (Å²) in [5.74, 6) is 6.17. The summed E-state index contributed by atoms with van der Waals surface area (Å²) < 4.78 is 18.7. The molecular weight excluding hydrogens is 289 g/mol. The van der Waals surface area contributed by atoms with E-state index in [-0.39, 0.29) is 18.3 Å². The van der Waals surface area contributed by atoms with Gasteiger partial charge in [0.05, 0.1) is 17.5 Å². The van der Waals surface area contributed by atoms with E-state index in [4.69, 9.17) is 21.6 Å². The predicted molar refractivity (Wildman–Crippen MR) is 79.5 cm³/mol. The highest BCUT2D eigenvalue weighted by atomic mass is 35.5. The third-order valence-corrected chi connectivity index (χ3v) is 2.87. The van der Waals surface area contributed by atoms with Crippen molar-refractivity contribution in [1.82, 2.24) is 0 Å². The van der Waals surface area contributed by atoms with Crippen molar-refractivity contribution in [3.8, 4) is 23.7 Å². The van der Waals surface area contributed by atoms with E-state index in [1.807, 2.05) is 18.2 Å². The molecule has 0 fully saturated rings. The number of alkyl halides is 1. The highest BCUT2D eigenvalue weighted by Crippen LogP contribution is 2.16. The van der Waals surface area contributed by atoms with Crippen molar-refractivity contribution in [2.75, 3.05) is 5.88 Å². The van der Waals surface area contributed by atoms with Crippen LogP contribution in [0.5, 0.6) is 5.75 Å². The van der Waals surface area contributed by atoms with E-state index in [0.717, 1.165) is 5.56 Å². The maximum atomic E-state index is 13.2. The molecule has 0 radical (unpaired) electrons. The molecule has 0 atom stereocenters. The first-order chi connectivity index (χ1) is 10.2. The molecule has 104 valence electrons. The third-order valence-electron chi connectivity index (χ3n) is 2.74. The summed E-state index contributed by atoms with van der Waals surface area (Å²) in [5, 5.41) is 8.97. The lowest BCUT2D eigenvalue weighted by Gasteiger charge is -2.08. The van der Waals surface area contributed by atoms with Crippen molar-refractivity contribution in [3.05, 3.63) is 65.0 Å². The molecule has 21 heavy (non-hydrogen) atoms. The van der Waals surface area contributed by atoms with Gasteiger partial charge >= 0.3 is 0 Å². The number of nitriles is 1. The fourth-order valence-corrected chi connectivity index (χ4v) is 1.79. The van der Waals surface area contributed by atoms with Gasteiger partial charge in [0.1, 0.15) is 18.2 Å². The molecule has 4 heteroatoms. The Morgan fingerprint density at radius 2 is 1.90 bits per heavy atom. The molecular formula is C17H11ClFNO. The van der Waals surface area contributed by atoms with E-state index in [2.05, 4.69) is 11.8 Å². The lowest BCUT2D eigenvalue weighted by molar-refractivity contribution is 0.305. The zero-order chi connectivity index (χ0) is 15.1. The minimum atomic E-state index is -0.390. The first kappa shape index (κ1) is 14.9. The van der Waals surface area contributed by atoms with Crippen molar-refractivity contribution >= 4 is 11.6 Å². The smallest absolute Gasteiger partial charge is 0.123 e. The van der Waals surface area contributed by atoms with Gasteiger partial charge in [-0.25, -0.2) is 4.39 Å². The number of hydrogen-bond acceptors (Lipinski definition) is 2. The van der Waals surface area contributed by atoms with Crippen molar-refractivity contribution < 1.29 is 9.13 Å². The Hall–Kier alpha value is -2.49. The van der Waals surface area contributed by atoms with E-state index in [1.165, 1.54) is 18.2 Å². The van der Waals surface area contributed by atoms with Crippen LogP contribution in [0.15, 0.2) is 42.5 Å². The van der Waals surface area contributed by atoms with E-state index < -0.39 is 0 Å². The van der Waals surface area contributed by atoms with Crippen molar-refractivity contribution in [3.63, 3.8) is 0 Å².